The molecule has 0 fully saturated rings. The summed E-state index contributed by atoms with van der Waals surface area (Å²) in [6.07, 6.45) is 6.24. The van der Waals surface area contributed by atoms with Gasteiger partial charge in [-0.25, -0.2) is 4.68 Å². The molecule has 2 aromatic carbocycles. The molecule has 0 bridgehead atoms. The van der Waals surface area contributed by atoms with Gasteiger partial charge in [0, 0.05) is 11.9 Å². The minimum atomic E-state index is -0.0947. The van der Waals surface area contributed by atoms with E-state index in [0.29, 0.717) is 0 Å². The standard InChI is InChI=1S/C18H18N4/c1-2-6-15-9-11-16(12-10-15)18(22-14-13-19-21-22)20-17-7-4-3-5-8-17/h2-5,7-14,18,20H,1,6H2. The van der Waals surface area contributed by atoms with Crippen molar-refractivity contribution in [3.63, 3.8) is 0 Å². The summed E-state index contributed by atoms with van der Waals surface area (Å²) in [6.45, 7) is 3.78. The lowest BCUT2D eigenvalue weighted by Crippen LogP contribution is -2.20. The van der Waals surface area contributed by atoms with Crippen LogP contribution in [0.25, 0.3) is 0 Å². The van der Waals surface area contributed by atoms with E-state index in [0.717, 1.165) is 17.7 Å². The molecule has 1 unspecified atom stereocenters. The van der Waals surface area contributed by atoms with Crippen LogP contribution in [-0.2, 0) is 6.42 Å². The van der Waals surface area contributed by atoms with E-state index in [4.69, 9.17) is 0 Å². The second kappa shape index (κ2) is 6.72. The molecule has 3 aromatic rings. The molecule has 0 saturated carbocycles. The van der Waals surface area contributed by atoms with Crippen LogP contribution in [0.2, 0.25) is 0 Å². The smallest absolute Gasteiger partial charge is 0.148 e. The first kappa shape index (κ1) is 14.1. The molecule has 0 radical (unpaired) electrons. The third-order valence-electron chi connectivity index (χ3n) is 3.46. The van der Waals surface area contributed by atoms with Crippen molar-refractivity contribution in [3.05, 3.63) is 90.8 Å². The van der Waals surface area contributed by atoms with Crippen molar-refractivity contribution in [1.82, 2.24) is 15.0 Å². The van der Waals surface area contributed by atoms with Gasteiger partial charge < -0.3 is 5.32 Å². The number of aromatic nitrogens is 3. The molecule has 0 saturated heterocycles. The highest BCUT2D eigenvalue weighted by atomic mass is 15.5. The van der Waals surface area contributed by atoms with E-state index in [-0.39, 0.29) is 6.17 Å². The molecule has 1 aromatic heterocycles. The maximum absolute atomic E-state index is 4.14. The third-order valence-corrected chi connectivity index (χ3v) is 3.46. The second-order valence-electron chi connectivity index (χ2n) is 5.03. The molecule has 0 aliphatic rings. The fourth-order valence-electron chi connectivity index (χ4n) is 2.35. The van der Waals surface area contributed by atoms with Crippen LogP contribution < -0.4 is 5.32 Å². The summed E-state index contributed by atoms with van der Waals surface area (Å²) in [5.74, 6) is 0. The Morgan fingerprint density at radius 3 is 2.50 bits per heavy atom. The van der Waals surface area contributed by atoms with Crippen molar-refractivity contribution < 1.29 is 0 Å². The molecule has 4 nitrogen and oxygen atoms in total. The molecule has 0 aliphatic carbocycles. The van der Waals surface area contributed by atoms with Crippen LogP contribution in [0.4, 0.5) is 5.69 Å². The van der Waals surface area contributed by atoms with Crippen LogP contribution in [0.5, 0.6) is 0 Å². The summed E-state index contributed by atoms with van der Waals surface area (Å²) >= 11 is 0. The van der Waals surface area contributed by atoms with Crippen LogP contribution in [0.1, 0.15) is 17.3 Å². The molecule has 110 valence electrons. The molecular formula is C18H18N4. The number of para-hydroxylation sites is 1. The van der Waals surface area contributed by atoms with Gasteiger partial charge in [0.15, 0.2) is 0 Å². The topological polar surface area (TPSA) is 42.7 Å². The van der Waals surface area contributed by atoms with E-state index in [2.05, 4.69) is 46.5 Å². The van der Waals surface area contributed by atoms with Gasteiger partial charge in [0.25, 0.3) is 0 Å². The van der Waals surface area contributed by atoms with Crippen molar-refractivity contribution in [1.29, 1.82) is 0 Å². The lowest BCUT2D eigenvalue weighted by molar-refractivity contribution is 0.554. The number of nitrogens with one attached hydrogen (secondary N) is 1. The molecule has 1 N–H and O–H groups in total. The van der Waals surface area contributed by atoms with Crippen LogP contribution >= 0.6 is 0 Å². The Labute approximate surface area is 130 Å². The summed E-state index contributed by atoms with van der Waals surface area (Å²) in [4.78, 5) is 0. The van der Waals surface area contributed by atoms with E-state index < -0.39 is 0 Å². The maximum Gasteiger partial charge on any atom is 0.148 e. The molecule has 22 heavy (non-hydrogen) atoms. The summed E-state index contributed by atoms with van der Waals surface area (Å²) < 4.78 is 1.81. The van der Waals surface area contributed by atoms with E-state index in [1.165, 1.54) is 5.56 Å². The Balaban J connectivity index is 1.90. The number of nitrogens with zero attached hydrogens (tertiary/aromatic N) is 3. The van der Waals surface area contributed by atoms with Crippen molar-refractivity contribution in [2.45, 2.75) is 12.6 Å². The number of anilines is 1. The van der Waals surface area contributed by atoms with Gasteiger partial charge in [-0.2, -0.15) is 0 Å². The monoisotopic (exact) mass is 290 g/mol. The maximum atomic E-state index is 4.14. The number of allylic oxidation sites excluding steroid dienone is 1. The van der Waals surface area contributed by atoms with Crippen LogP contribution in [0.15, 0.2) is 79.6 Å². The van der Waals surface area contributed by atoms with E-state index in [9.17, 15) is 0 Å². The quantitative estimate of drug-likeness (QED) is 0.704. The van der Waals surface area contributed by atoms with Gasteiger partial charge in [-0.1, -0.05) is 53.8 Å². The molecule has 0 spiro atoms. The number of hydrogen-bond donors (Lipinski definition) is 1. The highest BCUT2D eigenvalue weighted by Crippen LogP contribution is 2.21. The summed E-state index contributed by atoms with van der Waals surface area (Å²) in [5.41, 5.74) is 3.41. The fraction of sp³-hybridized carbons (Fsp3) is 0.111. The Morgan fingerprint density at radius 2 is 1.86 bits per heavy atom. The SMILES string of the molecule is C=CCc1ccc(C(Nc2ccccc2)n2ccnn2)cc1. The highest BCUT2D eigenvalue weighted by Gasteiger charge is 2.14. The fourth-order valence-corrected chi connectivity index (χ4v) is 2.35. The molecule has 4 heteroatoms. The van der Waals surface area contributed by atoms with Crippen molar-refractivity contribution >= 4 is 5.69 Å². The molecule has 1 heterocycles. The lowest BCUT2D eigenvalue weighted by atomic mass is 10.1. The van der Waals surface area contributed by atoms with Crippen molar-refractivity contribution in [2.75, 3.05) is 5.32 Å². The van der Waals surface area contributed by atoms with Crippen molar-refractivity contribution in [2.24, 2.45) is 0 Å². The highest BCUT2D eigenvalue weighted by molar-refractivity contribution is 5.45. The van der Waals surface area contributed by atoms with Gasteiger partial charge in [0.1, 0.15) is 6.17 Å². The first-order chi connectivity index (χ1) is 10.9. The molecule has 0 amide bonds. The summed E-state index contributed by atoms with van der Waals surface area (Å²) in [5, 5.41) is 11.5. The summed E-state index contributed by atoms with van der Waals surface area (Å²) in [6, 6.07) is 18.6. The van der Waals surface area contributed by atoms with Gasteiger partial charge in [0.2, 0.25) is 0 Å². The zero-order valence-electron chi connectivity index (χ0n) is 12.3. The van der Waals surface area contributed by atoms with Gasteiger partial charge in [-0.3, -0.25) is 0 Å². The first-order valence-electron chi connectivity index (χ1n) is 7.24. The number of rotatable bonds is 6. The summed E-state index contributed by atoms with van der Waals surface area (Å²) in [7, 11) is 0. The Morgan fingerprint density at radius 1 is 1.09 bits per heavy atom. The predicted octanol–water partition coefficient (Wildman–Crippen LogP) is 3.67. The van der Waals surface area contributed by atoms with Crippen LogP contribution in [-0.4, -0.2) is 15.0 Å². The number of hydrogen-bond acceptors (Lipinski definition) is 3. The van der Waals surface area contributed by atoms with Crippen LogP contribution in [0, 0.1) is 0 Å². The van der Waals surface area contributed by atoms with Gasteiger partial charge in [0.05, 0.1) is 6.20 Å². The number of benzene rings is 2. The zero-order chi connectivity index (χ0) is 15.2. The minimum Gasteiger partial charge on any atom is -0.360 e. The molecular weight excluding hydrogens is 272 g/mol. The largest absolute Gasteiger partial charge is 0.360 e. The third kappa shape index (κ3) is 3.23. The Hall–Kier alpha value is -2.88. The second-order valence-corrected chi connectivity index (χ2v) is 5.03. The average Bonchev–Trinajstić information content (AvgIpc) is 3.09. The van der Waals surface area contributed by atoms with E-state index in [1.54, 1.807) is 6.20 Å². The normalized spacial score (nSPS) is 11.8. The van der Waals surface area contributed by atoms with E-state index >= 15 is 0 Å². The average molecular weight is 290 g/mol. The van der Waals surface area contributed by atoms with Gasteiger partial charge >= 0.3 is 0 Å². The molecule has 1 atom stereocenters. The van der Waals surface area contributed by atoms with Gasteiger partial charge in [-0.05, 0) is 29.7 Å². The molecule has 0 aliphatic heterocycles. The minimum absolute atomic E-state index is 0.0947. The van der Waals surface area contributed by atoms with Crippen LogP contribution in [0.3, 0.4) is 0 Å². The Kier molecular flexibility index (Phi) is 4.30. The molecule has 3 rings (SSSR count). The first-order valence-corrected chi connectivity index (χ1v) is 7.24. The van der Waals surface area contributed by atoms with Crippen molar-refractivity contribution in [3.8, 4) is 0 Å². The van der Waals surface area contributed by atoms with Gasteiger partial charge in [-0.15, -0.1) is 11.7 Å². The predicted molar refractivity (Wildman–Crippen MR) is 88.6 cm³/mol. The van der Waals surface area contributed by atoms with E-state index in [1.807, 2.05) is 47.3 Å². The Bertz CT molecular complexity index is 703. The zero-order valence-corrected chi connectivity index (χ0v) is 12.3. The lowest BCUT2D eigenvalue weighted by Gasteiger charge is -2.20.